The van der Waals surface area contributed by atoms with E-state index in [1.807, 2.05) is 0 Å². The van der Waals surface area contributed by atoms with E-state index in [1.165, 1.54) is 0 Å². The van der Waals surface area contributed by atoms with Gasteiger partial charge in [-0.25, -0.2) is 34.7 Å². The SMILES string of the molecule is CCOC(=O)c1ccc(-c2nc(C(Cl)(Cl)Cl)nc(C(Cl)(Cl)Cl)n2)c2ccccc12.ClCc1nc(CCl)nc(CCl)n1. The molecule has 41 heavy (non-hydrogen) atoms. The zero-order valence-corrected chi connectivity index (χ0v) is 27.5. The lowest BCUT2D eigenvalue weighted by atomic mass is 9.99. The number of aromatic nitrogens is 6. The molecule has 0 N–H and O–H groups in total. The Balaban J connectivity index is 0.000000322. The molecule has 4 aromatic rings. The van der Waals surface area contributed by atoms with Gasteiger partial charge in [-0.15, -0.1) is 34.8 Å². The van der Waals surface area contributed by atoms with Gasteiger partial charge in [0, 0.05) is 5.56 Å². The number of fused-ring (bicyclic) bond motifs is 1. The number of benzene rings is 2. The summed E-state index contributed by atoms with van der Waals surface area (Å²) in [7, 11) is 0. The van der Waals surface area contributed by atoms with Gasteiger partial charge in [0.2, 0.25) is 7.59 Å². The molecule has 0 aliphatic carbocycles. The molecule has 8 nitrogen and oxygen atoms in total. The quantitative estimate of drug-likeness (QED) is 0.143. The lowest BCUT2D eigenvalue weighted by Crippen LogP contribution is -2.17. The fourth-order valence-corrected chi connectivity index (χ4v) is 4.20. The number of ether oxygens (including phenoxy) is 1. The molecule has 2 aromatic heterocycles. The Kier molecular flexibility index (Phi) is 12.5. The van der Waals surface area contributed by atoms with Crippen LogP contribution in [0.2, 0.25) is 0 Å². The smallest absolute Gasteiger partial charge is 0.338 e. The van der Waals surface area contributed by atoms with Gasteiger partial charge in [-0.2, -0.15) is 0 Å². The molecule has 0 bridgehead atoms. The molecule has 17 heteroatoms. The van der Waals surface area contributed by atoms with Gasteiger partial charge in [0.25, 0.3) is 0 Å². The third-order valence-corrected chi connectivity index (χ3v) is 6.67. The van der Waals surface area contributed by atoms with Gasteiger partial charge in [0.1, 0.15) is 17.5 Å². The summed E-state index contributed by atoms with van der Waals surface area (Å²) in [5.74, 6) is 1.54. The molecule has 0 fully saturated rings. The van der Waals surface area contributed by atoms with E-state index in [2.05, 4.69) is 29.9 Å². The lowest BCUT2D eigenvalue weighted by molar-refractivity contribution is 0.0528. The van der Waals surface area contributed by atoms with Crippen molar-refractivity contribution in [2.24, 2.45) is 0 Å². The molecule has 0 atom stereocenters. The monoisotopic (exact) mass is 736 g/mol. The first-order valence-electron chi connectivity index (χ1n) is 11.3. The van der Waals surface area contributed by atoms with Gasteiger partial charge < -0.3 is 4.74 Å². The number of hydrogen-bond donors (Lipinski definition) is 0. The van der Waals surface area contributed by atoms with E-state index in [1.54, 1.807) is 43.3 Å². The van der Waals surface area contributed by atoms with Crippen LogP contribution in [0, 0.1) is 0 Å². The minimum Gasteiger partial charge on any atom is -0.462 e. The van der Waals surface area contributed by atoms with Gasteiger partial charge in [-0.3, -0.25) is 0 Å². The molecule has 0 spiro atoms. The normalized spacial score (nSPS) is 11.7. The van der Waals surface area contributed by atoms with E-state index in [0.29, 0.717) is 39.4 Å². The van der Waals surface area contributed by atoms with Crippen molar-refractivity contribution < 1.29 is 9.53 Å². The molecule has 2 heterocycles. The van der Waals surface area contributed by atoms with E-state index in [9.17, 15) is 4.79 Å². The largest absolute Gasteiger partial charge is 0.462 e. The highest BCUT2D eigenvalue weighted by atomic mass is 35.6. The summed E-state index contributed by atoms with van der Waals surface area (Å²) < 4.78 is 1.19. The van der Waals surface area contributed by atoms with Gasteiger partial charge >= 0.3 is 5.97 Å². The second-order valence-corrected chi connectivity index (χ2v) is 13.1. The maximum Gasteiger partial charge on any atom is 0.338 e. The van der Waals surface area contributed by atoms with Crippen LogP contribution in [-0.4, -0.2) is 42.5 Å². The predicted molar refractivity (Wildman–Crippen MR) is 166 cm³/mol. The van der Waals surface area contributed by atoms with Gasteiger partial charge in [-0.1, -0.05) is 93.9 Å². The topological polar surface area (TPSA) is 104 Å². The fraction of sp³-hybridized carbons (Fsp3) is 0.292. The second-order valence-electron chi connectivity index (χ2n) is 7.71. The van der Waals surface area contributed by atoms with Crippen LogP contribution in [-0.2, 0) is 30.0 Å². The molecule has 0 aliphatic heterocycles. The van der Waals surface area contributed by atoms with E-state index >= 15 is 0 Å². The molecule has 0 saturated heterocycles. The highest BCUT2D eigenvalue weighted by molar-refractivity contribution is 6.67. The van der Waals surface area contributed by atoms with Crippen LogP contribution in [0.25, 0.3) is 22.2 Å². The van der Waals surface area contributed by atoms with Crippen LogP contribution in [0.4, 0.5) is 0 Å². The molecule has 4 rings (SSSR count). The highest BCUT2D eigenvalue weighted by Crippen LogP contribution is 2.41. The Bertz CT molecular complexity index is 1440. The number of nitrogens with zero attached hydrogens (tertiary/aromatic N) is 6. The summed E-state index contributed by atoms with van der Waals surface area (Å²) >= 11 is 52.3. The Hall–Kier alpha value is -1.20. The van der Waals surface area contributed by atoms with Crippen LogP contribution in [0.1, 0.15) is 46.4 Å². The van der Waals surface area contributed by atoms with Crippen molar-refractivity contribution in [1.82, 2.24) is 29.9 Å². The number of hydrogen-bond acceptors (Lipinski definition) is 8. The molecule has 2 aromatic carbocycles. The summed E-state index contributed by atoms with van der Waals surface area (Å²) in [5.41, 5.74) is 0.922. The van der Waals surface area contributed by atoms with Crippen LogP contribution in [0.3, 0.4) is 0 Å². The van der Waals surface area contributed by atoms with E-state index in [4.69, 9.17) is 109 Å². The summed E-state index contributed by atoms with van der Waals surface area (Å²) in [6.45, 7) is 1.98. The number of carbonyl (C=O) groups is 1. The number of esters is 1. The van der Waals surface area contributed by atoms with Crippen molar-refractivity contribution in [3.63, 3.8) is 0 Å². The summed E-state index contributed by atoms with van der Waals surface area (Å²) in [4.78, 5) is 36.7. The van der Waals surface area contributed by atoms with E-state index < -0.39 is 13.6 Å². The standard InChI is InChI=1S/C18H11Cl6N3O2.C6H6Cl3N3/c1-2-29-14(28)12-8-7-11(9-5-3-4-6-10(9)12)13-25-15(17(19,20)21)27-16(26-13)18(22,23)24;7-1-4-10-5(2-8)12-6(3-9)11-4/h3-8H,2H2,1H3;1-3H2. The number of carbonyl (C=O) groups excluding carboxylic acids is 1. The molecule has 0 radical (unpaired) electrons. The summed E-state index contributed by atoms with van der Waals surface area (Å²) in [6.07, 6.45) is 0. The highest BCUT2D eigenvalue weighted by Gasteiger charge is 2.34. The van der Waals surface area contributed by atoms with Crippen molar-refractivity contribution in [1.29, 1.82) is 0 Å². The van der Waals surface area contributed by atoms with E-state index in [-0.39, 0.29) is 41.7 Å². The average molecular weight is 741 g/mol. The molecular formula is C24H17Cl9N6O2. The van der Waals surface area contributed by atoms with E-state index in [0.717, 1.165) is 0 Å². The summed E-state index contributed by atoms with van der Waals surface area (Å²) in [5, 5.41) is 1.30. The minimum absolute atomic E-state index is 0.120. The molecule has 218 valence electrons. The molecule has 0 saturated carbocycles. The maximum atomic E-state index is 12.3. The Morgan fingerprint density at radius 3 is 1.56 bits per heavy atom. The fourth-order valence-electron chi connectivity index (χ4n) is 3.33. The van der Waals surface area contributed by atoms with Crippen LogP contribution >= 0.6 is 104 Å². The Labute approximate surface area is 279 Å². The summed E-state index contributed by atoms with van der Waals surface area (Å²) in [6, 6.07) is 10.4. The maximum absolute atomic E-state index is 12.3. The average Bonchev–Trinajstić information content (AvgIpc) is 2.95. The first-order chi connectivity index (χ1) is 19.3. The van der Waals surface area contributed by atoms with Gasteiger partial charge in [-0.05, 0) is 29.8 Å². The number of alkyl halides is 9. The minimum atomic E-state index is -1.97. The molecule has 0 unspecified atom stereocenters. The van der Waals surface area contributed by atoms with Crippen molar-refractivity contribution in [3.8, 4) is 11.4 Å². The Morgan fingerprint density at radius 1 is 0.683 bits per heavy atom. The molecular weight excluding hydrogens is 723 g/mol. The van der Waals surface area contributed by atoms with Crippen molar-refractivity contribution in [3.05, 3.63) is 71.1 Å². The van der Waals surface area contributed by atoms with Crippen LogP contribution in [0.5, 0.6) is 0 Å². The third-order valence-electron chi connectivity index (χ3n) is 4.94. The first kappa shape index (κ1) is 34.3. The van der Waals surface area contributed by atoms with Crippen molar-refractivity contribution in [2.45, 2.75) is 32.1 Å². The van der Waals surface area contributed by atoms with Gasteiger partial charge in [0.05, 0.1) is 29.8 Å². The lowest BCUT2D eigenvalue weighted by Gasteiger charge is -2.16. The zero-order valence-electron chi connectivity index (χ0n) is 20.7. The predicted octanol–water partition coefficient (Wildman–Crippen LogP) is 8.61. The third kappa shape index (κ3) is 9.15. The molecule has 0 amide bonds. The zero-order chi connectivity index (χ0) is 30.4. The second kappa shape index (κ2) is 15.0. The Morgan fingerprint density at radius 2 is 1.15 bits per heavy atom. The van der Waals surface area contributed by atoms with Crippen LogP contribution in [0.15, 0.2) is 36.4 Å². The number of rotatable bonds is 6. The van der Waals surface area contributed by atoms with Crippen LogP contribution < -0.4 is 0 Å². The molecule has 0 aliphatic rings. The first-order valence-corrected chi connectivity index (χ1v) is 15.2. The van der Waals surface area contributed by atoms with Gasteiger partial charge in [0.15, 0.2) is 17.5 Å². The number of halogens is 9. The van der Waals surface area contributed by atoms with Crippen molar-refractivity contribution in [2.75, 3.05) is 6.61 Å². The van der Waals surface area contributed by atoms with Crippen molar-refractivity contribution >= 4 is 121 Å².